The molecule has 0 saturated carbocycles. The lowest BCUT2D eigenvalue weighted by Gasteiger charge is -2.13. The fraction of sp³-hybridized carbons (Fsp3) is 0.700. The SMILES string of the molecule is C=C(C)COOCCNC(=O)NC(CO)CO. The van der Waals surface area contributed by atoms with Crippen LogP contribution in [0.15, 0.2) is 12.2 Å². The second kappa shape index (κ2) is 10.0. The van der Waals surface area contributed by atoms with Crippen molar-refractivity contribution in [3.8, 4) is 0 Å². The van der Waals surface area contributed by atoms with E-state index in [0.29, 0.717) is 6.61 Å². The Labute approximate surface area is 100 Å². The molecule has 0 aromatic rings. The standard InChI is InChI=1S/C10H20N2O5/c1-8(2)7-17-16-4-3-11-10(15)12-9(5-13)6-14/h9,13-14H,1,3-7H2,2H3,(H2,11,12,15). The number of aliphatic hydroxyl groups excluding tert-OH is 2. The van der Waals surface area contributed by atoms with Crippen molar-refractivity contribution in [3.05, 3.63) is 12.2 Å². The maximum atomic E-state index is 11.2. The Morgan fingerprint density at radius 1 is 1.35 bits per heavy atom. The summed E-state index contributed by atoms with van der Waals surface area (Å²) in [6.45, 7) is 5.55. The Kier molecular flexibility index (Phi) is 9.35. The lowest BCUT2D eigenvalue weighted by Crippen LogP contribution is -2.46. The van der Waals surface area contributed by atoms with Crippen molar-refractivity contribution >= 4 is 6.03 Å². The van der Waals surface area contributed by atoms with Crippen LogP contribution < -0.4 is 10.6 Å². The van der Waals surface area contributed by atoms with Crippen molar-refractivity contribution in [1.82, 2.24) is 10.6 Å². The van der Waals surface area contributed by atoms with Gasteiger partial charge in [-0.05, 0) is 6.92 Å². The number of carbonyl (C=O) groups excluding carboxylic acids is 1. The normalized spacial score (nSPS) is 10.4. The van der Waals surface area contributed by atoms with E-state index in [1.165, 1.54) is 0 Å². The lowest BCUT2D eigenvalue weighted by molar-refractivity contribution is -0.286. The van der Waals surface area contributed by atoms with E-state index >= 15 is 0 Å². The van der Waals surface area contributed by atoms with Gasteiger partial charge in [0.2, 0.25) is 0 Å². The molecule has 7 nitrogen and oxygen atoms in total. The third-order valence-corrected chi connectivity index (χ3v) is 1.64. The van der Waals surface area contributed by atoms with Gasteiger partial charge in [0.25, 0.3) is 0 Å². The minimum absolute atomic E-state index is 0.198. The molecule has 7 heteroatoms. The molecule has 17 heavy (non-hydrogen) atoms. The van der Waals surface area contributed by atoms with E-state index in [1.54, 1.807) is 6.92 Å². The van der Waals surface area contributed by atoms with Crippen molar-refractivity contribution in [2.24, 2.45) is 0 Å². The van der Waals surface area contributed by atoms with Gasteiger partial charge in [0.1, 0.15) is 6.61 Å². The molecule has 0 radical (unpaired) electrons. The predicted octanol–water partition coefficient (Wildman–Crippen LogP) is -0.837. The number of hydrogen-bond acceptors (Lipinski definition) is 5. The molecule has 0 saturated heterocycles. The molecule has 2 amide bonds. The Hall–Kier alpha value is -1.15. The van der Waals surface area contributed by atoms with E-state index in [1.807, 2.05) is 0 Å². The summed E-state index contributed by atoms with van der Waals surface area (Å²) in [4.78, 5) is 20.7. The summed E-state index contributed by atoms with van der Waals surface area (Å²) in [6, 6.07) is -1.14. The molecule has 0 heterocycles. The Bertz CT molecular complexity index is 231. The molecular formula is C10H20N2O5. The Balaban J connectivity index is 3.42. The highest BCUT2D eigenvalue weighted by atomic mass is 17.2. The van der Waals surface area contributed by atoms with E-state index in [-0.39, 0.29) is 26.4 Å². The third kappa shape index (κ3) is 9.76. The number of carbonyl (C=O) groups is 1. The first-order valence-electron chi connectivity index (χ1n) is 5.25. The zero-order valence-corrected chi connectivity index (χ0v) is 9.94. The van der Waals surface area contributed by atoms with Crippen LogP contribution in [0.5, 0.6) is 0 Å². The average molecular weight is 248 g/mol. The van der Waals surface area contributed by atoms with Crippen LogP contribution in [0.2, 0.25) is 0 Å². The molecule has 4 N–H and O–H groups in total. The molecule has 0 fully saturated rings. The van der Waals surface area contributed by atoms with Crippen LogP contribution in [0.25, 0.3) is 0 Å². The van der Waals surface area contributed by atoms with Crippen LogP contribution in [0.4, 0.5) is 4.79 Å². The van der Waals surface area contributed by atoms with Crippen molar-refractivity contribution in [2.75, 3.05) is 33.0 Å². The molecule has 0 spiro atoms. The zero-order valence-electron chi connectivity index (χ0n) is 9.94. The summed E-state index contributed by atoms with van der Waals surface area (Å²) in [5, 5.41) is 22.3. The summed E-state index contributed by atoms with van der Waals surface area (Å²) in [5.74, 6) is 0. The largest absolute Gasteiger partial charge is 0.394 e. The zero-order chi connectivity index (χ0) is 13.1. The molecule has 0 aliphatic heterocycles. The van der Waals surface area contributed by atoms with Crippen LogP contribution >= 0.6 is 0 Å². The highest BCUT2D eigenvalue weighted by molar-refractivity contribution is 5.74. The van der Waals surface area contributed by atoms with Gasteiger partial charge in [-0.25, -0.2) is 14.6 Å². The van der Waals surface area contributed by atoms with Gasteiger partial charge in [-0.3, -0.25) is 0 Å². The van der Waals surface area contributed by atoms with Gasteiger partial charge in [0, 0.05) is 6.54 Å². The van der Waals surface area contributed by atoms with E-state index in [0.717, 1.165) is 5.57 Å². The number of hydrogen-bond donors (Lipinski definition) is 4. The van der Waals surface area contributed by atoms with Crippen LogP contribution in [-0.4, -0.2) is 55.3 Å². The summed E-state index contributed by atoms with van der Waals surface area (Å²) >= 11 is 0. The van der Waals surface area contributed by atoms with Crippen molar-refractivity contribution in [1.29, 1.82) is 0 Å². The number of urea groups is 1. The van der Waals surface area contributed by atoms with Gasteiger partial charge in [0.05, 0.1) is 25.9 Å². The summed E-state index contributed by atoms with van der Waals surface area (Å²) < 4.78 is 0. The Morgan fingerprint density at radius 3 is 2.53 bits per heavy atom. The number of aliphatic hydroxyl groups is 2. The van der Waals surface area contributed by atoms with Crippen molar-refractivity contribution in [3.63, 3.8) is 0 Å². The van der Waals surface area contributed by atoms with Gasteiger partial charge in [-0.1, -0.05) is 12.2 Å². The molecule has 100 valence electrons. The minimum Gasteiger partial charge on any atom is -0.394 e. The highest BCUT2D eigenvalue weighted by Crippen LogP contribution is 1.88. The molecule has 0 aliphatic carbocycles. The molecule has 0 rings (SSSR count). The first-order chi connectivity index (χ1) is 8.10. The maximum absolute atomic E-state index is 11.2. The monoisotopic (exact) mass is 248 g/mol. The molecule has 0 aliphatic rings. The van der Waals surface area contributed by atoms with E-state index in [2.05, 4.69) is 17.2 Å². The average Bonchev–Trinajstić information content (AvgIpc) is 2.30. The summed E-state index contributed by atoms with van der Waals surface area (Å²) in [7, 11) is 0. The van der Waals surface area contributed by atoms with E-state index < -0.39 is 12.1 Å². The van der Waals surface area contributed by atoms with Gasteiger partial charge >= 0.3 is 6.03 Å². The molecule has 0 bridgehead atoms. The molecule has 0 aromatic heterocycles. The van der Waals surface area contributed by atoms with Gasteiger partial charge in [0.15, 0.2) is 0 Å². The predicted molar refractivity (Wildman–Crippen MR) is 61.2 cm³/mol. The maximum Gasteiger partial charge on any atom is 0.315 e. The lowest BCUT2D eigenvalue weighted by atomic mass is 10.3. The van der Waals surface area contributed by atoms with Crippen LogP contribution in [0, 0.1) is 0 Å². The fourth-order valence-corrected chi connectivity index (χ4v) is 0.793. The second-order valence-electron chi connectivity index (χ2n) is 3.50. The Morgan fingerprint density at radius 2 is 2.00 bits per heavy atom. The first-order valence-corrected chi connectivity index (χ1v) is 5.25. The van der Waals surface area contributed by atoms with Gasteiger partial charge in [-0.2, -0.15) is 0 Å². The molecule has 0 unspecified atom stereocenters. The first kappa shape index (κ1) is 15.9. The number of nitrogens with one attached hydrogen (secondary N) is 2. The van der Waals surface area contributed by atoms with Crippen molar-refractivity contribution < 1.29 is 24.8 Å². The van der Waals surface area contributed by atoms with E-state index in [9.17, 15) is 4.79 Å². The van der Waals surface area contributed by atoms with Gasteiger partial charge in [-0.15, -0.1) is 0 Å². The van der Waals surface area contributed by atoms with Gasteiger partial charge < -0.3 is 20.8 Å². The second-order valence-corrected chi connectivity index (χ2v) is 3.50. The summed E-state index contributed by atoms with van der Waals surface area (Å²) in [5.41, 5.74) is 0.837. The number of rotatable bonds is 9. The minimum atomic E-state index is -0.657. The molecule has 0 aromatic carbocycles. The van der Waals surface area contributed by atoms with Crippen LogP contribution in [-0.2, 0) is 9.78 Å². The van der Waals surface area contributed by atoms with Crippen molar-refractivity contribution in [2.45, 2.75) is 13.0 Å². The van der Waals surface area contributed by atoms with E-state index in [4.69, 9.17) is 20.0 Å². The quantitative estimate of drug-likeness (QED) is 0.184. The fourth-order valence-electron chi connectivity index (χ4n) is 0.793. The molecular weight excluding hydrogens is 228 g/mol. The summed E-state index contributed by atoms with van der Waals surface area (Å²) in [6.07, 6.45) is 0. The topological polar surface area (TPSA) is 100 Å². The van der Waals surface area contributed by atoms with Crippen LogP contribution in [0.3, 0.4) is 0 Å². The smallest absolute Gasteiger partial charge is 0.315 e. The highest BCUT2D eigenvalue weighted by Gasteiger charge is 2.08. The molecule has 0 atom stereocenters. The van der Waals surface area contributed by atoms with Crippen LogP contribution in [0.1, 0.15) is 6.92 Å². The number of amides is 2. The third-order valence-electron chi connectivity index (χ3n) is 1.64.